The summed E-state index contributed by atoms with van der Waals surface area (Å²) >= 11 is 1.38. The van der Waals surface area contributed by atoms with Crippen molar-refractivity contribution in [3.05, 3.63) is 75.3 Å². The number of hydrogen-bond donors (Lipinski definition) is 0. The third-order valence-electron chi connectivity index (χ3n) is 4.18. The fourth-order valence-corrected chi connectivity index (χ4v) is 3.36. The molecule has 2 aromatic rings. The molecule has 0 bridgehead atoms. The molecule has 0 heterocycles. The number of para-hydroxylation sites is 1. The molecule has 0 aliphatic heterocycles. The van der Waals surface area contributed by atoms with Gasteiger partial charge >= 0.3 is 0 Å². The maximum atomic E-state index is 13.4. The van der Waals surface area contributed by atoms with Gasteiger partial charge in [0.2, 0.25) is 0 Å². The molecule has 2 amide bonds. The Morgan fingerprint density at radius 2 is 1.62 bits per heavy atom. The number of thioether (sulfide) groups is 1. The minimum Gasteiger partial charge on any atom is -0.267 e. The second-order valence-electron chi connectivity index (χ2n) is 7.55. The van der Waals surface area contributed by atoms with Gasteiger partial charge in [0, 0.05) is 11.6 Å². The zero-order valence-corrected chi connectivity index (χ0v) is 18.0. The number of aryl methyl sites for hydroxylation is 1. The number of carbonyl (C=O) groups excluding carboxylic acids is 2. The minimum atomic E-state index is -0.795. The van der Waals surface area contributed by atoms with E-state index in [1.54, 1.807) is 39.0 Å². The third kappa shape index (κ3) is 5.14. The SMILES string of the molecule is CSCN(C(=O)c1ccc(C)cc1)N(C(=O)c1ccccc1[N+](=O)[O-])C(C)(C)C. The van der Waals surface area contributed by atoms with Gasteiger partial charge in [0.05, 0.1) is 16.3 Å². The standard InChI is InChI=1S/C21H25N3O4S/c1-15-10-12-16(13-11-15)19(25)22(14-29-5)23(21(2,3)4)20(26)17-8-6-7-9-18(17)24(27)28/h6-13H,14H2,1-5H3. The zero-order valence-electron chi connectivity index (χ0n) is 17.2. The highest BCUT2D eigenvalue weighted by Gasteiger charge is 2.38. The lowest BCUT2D eigenvalue weighted by Gasteiger charge is -2.43. The van der Waals surface area contributed by atoms with Crippen molar-refractivity contribution in [2.75, 3.05) is 12.1 Å². The fraction of sp³-hybridized carbons (Fsp3) is 0.333. The van der Waals surface area contributed by atoms with E-state index in [4.69, 9.17) is 0 Å². The Kier molecular flexibility index (Phi) is 7.02. The average molecular weight is 416 g/mol. The summed E-state index contributed by atoms with van der Waals surface area (Å²) in [5, 5.41) is 14.1. The molecular weight excluding hydrogens is 390 g/mol. The number of amides is 2. The molecule has 154 valence electrons. The van der Waals surface area contributed by atoms with E-state index in [2.05, 4.69) is 0 Å². The monoisotopic (exact) mass is 415 g/mol. The van der Waals surface area contributed by atoms with E-state index < -0.39 is 16.4 Å². The summed E-state index contributed by atoms with van der Waals surface area (Å²) in [6, 6.07) is 12.9. The van der Waals surface area contributed by atoms with Crippen molar-refractivity contribution in [1.29, 1.82) is 0 Å². The topological polar surface area (TPSA) is 83.8 Å². The first-order chi connectivity index (χ1) is 13.6. The summed E-state index contributed by atoms with van der Waals surface area (Å²) in [6.07, 6.45) is 1.83. The van der Waals surface area contributed by atoms with Crippen molar-refractivity contribution < 1.29 is 14.5 Å². The molecule has 0 aliphatic rings. The predicted molar refractivity (Wildman–Crippen MR) is 115 cm³/mol. The van der Waals surface area contributed by atoms with Gasteiger partial charge in [-0.05, 0) is 52.1 Å². The van der Waals surface area contributed by atoms with Crippen LogP contribution in [-0.2, 0) is 0 Å². The quantitative estimate of drug-likeness (QED) is 0.407. The van der Waals surface area contributed by atoms with Crippen molar-refractivity contribution in [2.45, 2.75) is 33.2 Å². The molecule has 29 heavy (non-hydrogen) atoms. The normalized spacial score (nSPS) is 11.1. The molecule has 0 saturated carbocycles. The first-order valence-electron chi connectivity index (χ1n) is 9.03. The maximum absolute atomic E-state index is 13.4. The molecule has 2 aromatic carbocycles. The molecule has 0 aromatic heterocycles. The maximum Gasteiger partial charge on any atom is 0.282 e. The molecule has 0 saturated heterocycles. The van der Waals surface area contributed by atoms with Crippen LogP contribution >= 0.6 is 11.8 Å². The number of benzene rings is 2. The lowest BCUT2D eigenvalue weighted by Crippen LogP contribution is -2.58. The zero-order chi connectivity index (χ0) is 21.8. The van der Waals surface area contributed by atoms with Crippen LogP contribution in [0.3, 0.4) is 0 Å². The highest BCUT2D eigenvalue weighted by molar-refractivity contribution is 7.98. The van der Waals surface area contributed by atoms with Gasteiger partial charge in [0.15, 0.2) is 0 Å². The molecule has 8 heteroatoms. The van der Waals surface area contributed by atoms with Crippen LogP contribution in [0.2, 0.25) is 0 Å². The van der Waals surface area contributed by atoms with Crippen LogP contribution in [0.25, 0.3) is 0 Å². The van der Waals surface area contributed by atoms with Crippen LogP contribution in [-0.4, -0.2) is 44.4 Å². The van der Waals surface area contributed by atoms with Gasteiger partial charge in [-0.3, -0.25) is 19.7 Å². The lowest BCUT2D eigenvalue weighted by molar-refractivity contribution is -0.385. The van der Waals surface area contributed by atoms with E-state index in [0.29, 0.717) is 5.56 Å². The van der Waals surface area contributed by atoms with Crippen LogP contribution in [0.4, 0.5) is 5.69 Å². The summed E-state index contributed by atoms with van der Waals surface area (Å²) in [4.78, 5) is 37.6. The smallest absolute Gasteiger partial charge is 0.267 e. The van der Waals surface area contributed by atoms with Crippen LogP contribution in [0.5, 0.6) is 0 Å². The molecule has 2 rings (SSSR count). The Hall–Kier alpha value is -2.87. The van der Waals surface area contributed by atoms with Gasteiger partial charge in [-0.2, -0.15) is 0 Å². The van der Waals surface area contributed by atoms with Crippen molar-refractivity contribution in [3.63, 3.8) is 0 Å². The van der Waals surface area contributed by atoms with Gasteiger partial charge in [0.1, 0.15) is 5.56 Å². The number of hydrogen-bond acceptors (Lipinski definition) is 5. The molecular formula is C21H25N3O4S. The molecule has 0 radical (unpaired) electrons. The van der Waals surface area contributed by atoms with Gasteiger partial charge < -0.3 is 0 Å². The first kappa shape index (κ1) is 22.4. The predicted octanol–water partition coefficient (Wildman–Crippen LogP) is 4.52. The molecule has 0 atom stereocenters. The van der Waals surface area contributed by atoms with Gasteiger partial charge in [0.25, 0.3) is 17.5 Å². The van der Waals surface area contributed by atoms with Crippen LogP contribution in [0, 0.1) is 17.0 Å². The highest BCUT2D eigenvalue weighted by atomic mass is 32.2. The van der Waals surface area contributed by atoms with E-state index in [9.17, 15) is 19.7 Å². The summed E-state index contributed by atoms with van der Waals surface area (Å²) < 4.78 is 0. The molecule has 0 spiro atoms. The van der Waals surface area contributed by atoms with E-state index in [-0.39, 0.29) is 23.0 Å². The second-order valence-corrected chi connectivity index (χ2v) is 8.39. The number of carbonyl (C=O) groups is 2. The van der Waals surface area contributed by atoms with Crippen LogP contribution < -0.4 is 0 Å². The summed E-state index contributed by atoms with van der Waals surface area (Å²) in [5.74, 6) is -0.725. The first-order valence-corrected chi connectivity index (χ1v) is 10.4. The van der Waals surface area contributed by atoms with Crippen molar-refractivity contribution in [1.82, 2.24) is 10.0 Å². The Labute approximate surface area is 174 Å². The van der Waals surface area contributed by atoms with Gasteiger partial charge in [-0.15, -0.1) is 11.8 Å². The van der Waals surface area contributed by atoms with E-state index in [1.165, 1.54) is 40.0 Å². The third-order valence-corrected chi connectivity index (χ3v) is 4.69. The molecule has 0 unspecified atom stereocenters. The number of nitrogens with zero attached hydrogens (tertiary/aromatic N) is 3. The van der Waals surface area contributed by atoms with Crippen molar-refractivity contribution in [2.24, 2.45) is 0 Å². The minimum absolute atomic E-state index is 0.0600. The van der Waals surface area contributed by atoms with Crippen molar-refractivity contribution in [3.8, 4) is 0 Å². The van der Waals surface area contributed by atoms with Crippen molar-refractivity contribution >= 4 is 29.3 Å². The summed E-state index contributed by atoms with van der Waals surface area (Å²) in [6.45, 7) is 7.29. The second kappa shape index (κ2) is 9.09. The van der Waals surface area contributed by atoms with E-state index >= 15 is 0 Å². The molecule has 7 nitrogen and oxygen atoms in total. The number of rotatable bonds is 5. The molecule has 0 fully saturated rings. The summed E-state index contributed by atoms with van der Waals surface area (Å²) in [5.41, 5.74) is 0.307. The largest absolute Gasteiger partial charge is 0.282 e. The number of hydrazine groups is 1. The van der Waals surface area contributed by atoms with E-state index in [0.717, 1.165) is 5.56 Å². The Morgan fingerprint density at radius 3 is 2.14 bits per heavy atom. The van der Waals surface area contributed by atoms with Gasteiger partial charge in [-0.1, -0.05) is 29.8 Å². The van der Waals surface area contributed by atoms with E-state index in [1.807, 2.05) is 25.3 Å². The molecule has 0 aliphatic carbocycles. The Morgan fingerprint density at radius 1 is 1.03 bits per heavy atom. The van der Waals surface area contributed by atoms with Crippen LogP contribution in [0.1, 0.15) is 47.1 Å². The summed E-state index contributed by atoms with van der Waals surface area (Å²) in [7, 11) is 0. The highest BCUT2D eigenvalue weighted by Crippen LogP contribution is 2.27. The van der Waals surface area contributed by atoms with Crippen LogP contribution in [0.15, 0.2) is 48.5 Å². The number of nitro benzene ring substituents is 1. The Bertz CT molecular complexity index is 907. The van der Waals surface area contributed by atoms with Gasteiger partial charge in [-0.25, -0.2) is 10.0 Å². The lowest BCUT2D eigenvalue weighted by atomic mass is 10.0. The average Bonchev–Trinajstić information content (AvgIpc) is 2.66. The number of nitro groups is 1. The fourth-order valence-electron chi connectivity index (χ4n) is 2.88. The Balaban J connectivity index is 2.56. The molecule has 0 N–H and O–H groups in total.